The van der Waals surface area contributed by atoms with E-state index in [-0.39, 0.29) is 12.0 Å². The van der Waals surface area contributed by atoms with Gasteiger partial charge in [-0.25, -0.2) is 4.98 Å². The number of fused-ring (bicyclic) bond motifs is 1. The average Bonchev–Trinajstić information content (AvgIpc) is 3.33. The Balaban J connectivity index is 1.67. The topological polar surface area (TPSA) is 42.4 Å². The second kappa shape index (κ2) is 7.64. The van der Waals surface area contributed by atoms with Gasteiger partial charge in [-0.05, 0) is 48.9 Å². The van der Waals surface area contributed by atoms with Crippen LogP contribution in [0.3, 0.4) is 0 Å². The smallest absolute Gasteiger partial charge is 0.234 e. The third-order valence-electron chi connectivity index (χ3n) is 4.49. The van der Waals surface area contributed by atoms with Crippen LogP contribution in [0, 0.1) is 6.92 Å². The van der Waals surface area contributed by atoms with E-state index in [1.165, 1.54) is 11.3 Å². The number of benzene rings is 1. The van der Waals surface area contributed by atoms with Gasteiger partial charge in [0.15, 0.2) is 5.13 Å². The molecule has 1 aliphatic rings. The number of hydrogen-bond donors (Lipinski definition) is 0. The Morgan fingerprint density at radius 2 is 2.35 bits per heavy atom. The van der Waals surface area contributed by atoms with Gasteiger partial charge in [-0.3, -0.25) is 9.69 Å². The van der Waals surface area contributed by atoms with Crippen LogP contribution in [0.5, 0.6) is 0 Å². The first-order chi connectivity index (χ1) is 12.6. The molecule has 0 bridgehead atoms. The number of amides is 1. The molecular formula is C19H19ClN2O2S2. The van der Waals surface area contributed by atoms with Crippen LogP contribution < -0.4 is 4.90 Å². The van der Waals surface area contributed by atoms with Gasteiger partial charge in [0.2, 0.25) is 5.91 Å². The number of carbonyl (C=O) groups excluding carboxylic acids is 1. The van der Waals surface area contributed by atoms with Crippen LogP contribution in [0.1, 0.15) is 23.3 Å². The standard InChI is InChI=1S/C19H19ClN2O2S2/c1-12-8-13(20)9-16-18(12)21-19(26-16)22(11-14-4-2-6-24-14)17(23)10-15-5-3-7-25-15/h3,5,7-9,14H,2,4,6,10-11H2,1H3. The summed E-state index contributed by atoms with van der Waals surface area (Å²) in [6.45, 7) is 3.32. The minimum Gasteiger partial charge on any atom is -0.376 e. The third-order valence-corrected chi connectivity index (χ3v) is 6.61. The highest BCUT2D eigenvalue weighted by molar-refractivity contribution is 7.22. The summed E-state index contributed by atoms with van der Waals surface area (Å²) in [4.78, 5) is 20.7. The summed E-state index contributed by atoms with van der Waals surface area (Å²) < 4.78 is 6.78. The van der Waals surface area contributed by atoms with Gasteiger partial charge >= 0.3 is 0 Å². The van der Waals surface area contributed by atoms with Crippen LogP contribution in [0.2, 0.25) is 5.02 Å². The lowest BCUT2D eigenvalue weighted by molar-refractivity contribution is -0.118. The molecule has 3 heterocycles. The second-order valence-electron chi connectivity index (χ2n) is 6.46. The number of aryl methyl sites for hydroxylation is 1. The Hall–Kier alpha value is -1.47. The van der Waals surface area contributed by atoms with Crippen molar-refractivity contribution in [2.45, 2.75) is 32.3 Å². The van der Waals surface area contributed by atoms with E-state index >= 15 is 0 Å². The van der Waals surface area contributed by atoms with Gasteiger partial charge < -0.3 is 4.74 Å². The second-order valence-corrected chi connectivity index (χ2v) is 8.94. The average molecular weight is 407 g/mol. The van der Waals surface area contributed by atoms with E-state index in [1.54, 1.807) is 16.2 Å². The SMILES string of the molecule is Cc1cc(Cl)cc2sc(N(CC3CCCO3)C(=O)Cc3cccs3)nc12. The van der Waals surface area contributed by atoms with E-state index in [2.05, 4.69) is 0 Å². The lowest BCUT2D eigenvalue weighted by Crippen LogP contribution is -2.38. The maximum absolute atomic E-state index is 13.0. The first-order valence-electron chi connectivity index (χ1n) is 8.61. The monoisotopic (exact) mass is 406 g/mol. The maximum Gasteiger partial charge on any atom is 0.234 e. The normalized spacial score (nSPS) is 17.1. The van der Waals surface area contributed by atoms with Crippen molar-refractivity contribution in [2.75, 3.05) is 18.1 Å². The molecule has 1 aliphatic heterocycles. The molecule has 1 saturated heterocycles. The molecule has 4 nitrogen and oxygen atoms in total. The number of aromatic nitrogens is 1. The summed E-state index contributed by atoms with van der Waals surface area (Å²) in [6, 6.07) is 7.79. The Kier molecular flexibility index (Phi) is 5.27. The van der Waals surface area contributed by atoms with Gasteiger partial charge in [-0.15, -0.1) is 11.3 Å². The van der Waals surface area contributed by atoms with E-state index in [9.17, 15) is 4.79 Å². The van der Waals surface area contributed by atoms with Crippen molar-refractivity contribution in [3.05, 3.63) is 45.1 Å². The number of halogens is 1. The van der Waals surface area contributed by atoms with Crippen molar-refractivity contribution >= 4 is 55.5 Å². The fourth-order valence-electron chi connectivity index (χ4n) is 3.19. The summed E-state index contributed by atoms with van der Waals surface area (Å²) in [5.41, 5.74) is 1.94. The fourth-order valence-corrected chi connectivity index (χ4v) is 5.34. The summed E-state index contributed by atoms with van der Waals surface area (Å²) in [6.07, 6.45) is 2.50. The molecule has 0 N–H and O–H groups in total. The van der Waals surface area contributed by atoms with Crippen LogP contribution in [0.4, 0.5) is 5.13 Å². The number of hydrogen-bond acceptors (Lipinski definition) is 5. The molecule has 0 radical (unpaired) electrons. The lowest BCUT2D eigenvalue weighted by atomic mass is 10.2. The predicted molar refractivity (Wildman–Crippen MR) is 109 cm³/mol. The minimum absolute atomic E-state index is 0.0609. The van der Waals surface area contributed by atoms with Crippen LogP contribution in [0.25, 0.3) is 10.2 Å². The zero-order valence-electron chi connectivity index (χ0n) is 14.4. The van der Waals surface area contributed by atoms with Crippen molar-refractivity contribution in [3.8, 4) is 0 Å². The van der Waals surface area contributed by atoms with Crippen LogP contribution in [-0.2, 0) is 16.0 Å². The zero-order valence-corrected chi connectivity index (χ0v) is 16.8. The molecule has 0 aliphatic carbocycles. The van der Waals surface area contributed by atoms with E-state index in [0.717, 1.165) is 45.2 Å². The van der Waals surface area contributed by atoms with E-state index in [0.29, 0.717) is 18.0 Å². The van der Waals surface area contributed by atoms with Crippen molar-refractivity contribution in [3.63, 3.8) is 0 Å². The Labute approximate surface area is 165 Å². The van der Waals surface area contributed by atoms with Crippen molar-refractivity contribution in [1.82, 2.24) is 4.98 Å². The molecule has 2 aromatic heterocycles. The molecule has 4 rings (SSSR count). The Morgan fingerprint density at radius 3 is 3.08 bits per heavy atom. The number of rotatable bonds is 5. The van der Waals surface area contributed by atoms with E-state index in [1.807, 2.05) is 36.6 Å². The molecule has 26 heavy (non-hydrogen) atoms. The highest BCUT2D eigenvalue weighted by Gasteiger charge is 2.26. The molecule has 3 aromatic rings. The molecule has 1 fully saturated rings. The molecule has 136 valence electrons. The first-order valence-corrected chi connectivity index (χ1v) is 10.7. The van der Waals surface area contributed by atoms with Crippen LogP contribution in [-0.4, -0.2) is 30.1 Å². The molecule has 1 amide bonds. The third kappa shape index (κ3) is 3.78. The predicted octanol–water partition coefficient (Wildman–Crippen LogP) is 5.07. The molecule has 1 atom stereocenters. The highest BCUT2D eigenvalue weighted by atomic mass is 35.5. The molecule has 1 aromatic carbocycles. The summed E-state index contributed by atoms with van der Waals surface area (Å²) in [5.74, 6) is 0.0609. The first kappa shape index (κ1) is 17.9. The molecular weight excluding hydrogens is 388 g/mol. The summed E-state index contributed by atoms with van der Waals surface area (Å²) >= 11 is 9.31. The molecule has 0 saturated carbocycles. The van der Waals surface area contributed by atoms with E-state index < -0.39 is 0 Å². The molecule has 7 heteroatoms. The largest absolute Gasteiger partial charge is 0.376 e. The number of ether oxygens (including phenoxy) is 1. The van der Waals surface area contributed by atoms with Crippen LogP contribution in [0.15, 0.2) is 29.6 Å². The molecule has 1 unspecified atom stereocenters. The van der Waals surface area contributed by atoms with Crippen molar-refractivity contribution in [1.29, 1.82) is 0 Å². The number of thiophene rings is 1. The number of anilines is 1. The van der Waals surface area contributed by atoms with Gasteiger partial charge in [0.05, 0.1) is 29.3 Å². The highest BCUT2D eigenvalue weighted by Crippen LogP contribution is 2.34. The molecule has 0 spiro atoms. The fraction of sp³-hybridized carbons (Fsp3) is 0.368. The van der Waals surface area contributed by atoms with Gasteiger partial charge in [-0.1, -0.05) is 29.0 Å². The quantitative estimate of drug-likeness (QED) is 0.593. The van der Waals surface area contributed by atoms with E-state index in [4.69, 9.17) is 21.3 Å². The maximum atomic E-state index is 13.0. The van der Waals surface area contributed by atoms with Crippen molar-refractivity contribution in [2.24, 2.45) is 0 Å². The Morgan fingerprint density at radius 1 is 1.46 bits per heavy atom. The van der Waals surface area contributed by atoms with Gasteiger partial charge in [-0.2, -0.15) is 0 Å². The summed E-state index contributed by atoms with van der Waals surface area (Å²) in [7, 11) is 0. The van der Waals surface area contributed by atoms with Gasteiger partial charge in [0.25, 0.3) is 0 Å². The number of nitrogens with zero attached hydrogens (tertiary/aromatic N) is 2. The van der Waals surface area contributed by atoms with Gasteiger partial charge in [0.1, 0.15) is 0 Å². The number of carbonyl (C=O) groups is 1. The lowest BCUT2D eigenvalue weighted by Gasteiger charge is -2.22. The summed E-state index contributed by atoms with van der Waals surface area (Å²) in [5, 5.41) is 3.42. The number of thiazole rings is 1. The minimum atomic E-state index is 0.0609. The van der Waals surface area contributed by atoms with Gasteiger partial charge in [0, 0.05) is 16.5 Å². The zero-order chi connectivity index (χ0) is 18.1. The van der Waals surface area contributed by atoms with Crippen molar-refractivity contribution < 1.29 is 9.53 Å². The Bertz CT molecular complexity index is 917. The van der Waals surface area contributed by atoms with Crippen LogP contribution >= 0.6 is 34.3 Å².